The molecule has 0 radical (unpaired) electrons. The molecular formula is C11H11N5S. The first-order chi connectivity index (χ1) is 8.11. The summed E-state index contributed by atoms with van der Waals surface area (Å²) in [6, 6.07) is 2.14. The Morgan fingerprint density at radius 3 is 2.65 bits per heavy atom. The van der Waals surface area contributed by atoms with Crippen LogP contribution in [0, 0.1) is 32.1 Å². The fourth-order valence-corrected chi connectivity index (χ4v) is 2.03. The molecule has 6 heteroatoms. The molecule has 0 bridgehead atoms. The number of nitrogens with one attached hydrogen (secondary N) is 1. The van der Waals surface area contributed by atoms with E-state index in [1.165, 1.54) is 11.3 Å². The molecule has 2 aromatic heterocycles. The lowest BCUT2D eigenvalue weighted by molar-refractivity contribution is 0.959. The van der Waals surface area contributed by atoms with Crippen molar-refractivity contribution in [3.63, 3.8) is 0 Å². The number of aryl methyl sites for hydroxylation is 2. The number of nitriles is 1. The first-order valence-corrected chi connectivity index (χ1v) is 5.93. The summed E-state index contributed by atoms with van der Waals surface area (Å²) in [7, 11) is 0. The molecule has 0 aliphatic rings. The molecule has 2 rings (SSSR count). The fourth-order valence-electron chi connectivity index (χ4n) is 1.35. The van der Waals surface area contributed by atoms with Crippen LogP contribution in [0.1, 0.15) is 22.5 Å². The van der Waals surface area contributed by atoms with Crippen molar-refractivity contribution < 1.29 is 0 Å². The van der Waals surface area contributed by atoms with Crippen LogP contribution < -0.4 is 5.32 Å². The highest BCUT2D eigenvalue weighted by atomic mass is 32.1. The van der Waals surface area contributed by atoms with Crippen LogP contribution in [0.25, 0.3) is 0 Å². The van der Waals surface area contributed by atoms with Crippen molar-refractivity contribution in [1.82, 2.24) is 15.2 Å². The van der Waals surface area contributed by atoms with Gasteiger partial charge in [-0.3, -0.25) is 0 Å². The van der Waals surface area contributed by atoms with Crippen LogP contribution in [0.3, 0.4) is 0 Å². The van der Waals surface area contributed by atoms with E-state index in [0.717, 1.165) is 22.1 Å². The number of hydrogen-bond acceptors (Lipinski definition) is 6. The van der Waals surface area contributed by atoms with Gasteiger partial charge in [0.2, 0.25) is 0 Å². The zero-order chi connectivity index (χ0) is 12.4. The van der Waals surface area contributed by atoms with Crippen molar-refractivity contribution in [3.05, 3.63) is 27.9 Å². The van der Waals surface area contributed by atoms with Gasteiger partial charge in [-0.2, -0.15) is 10.4 Å². The smallest absolute Gasteiger partial charge is 0.188 e. The molecule has 5 nitrogen and oxygen atoms in total. The van der Waals surface area contributed by atoms with Crippen molar-refractivity contribution in [3.8, 4) is 6.07 Å². The molecule has 1 N–H and O–H groups in total. The predicted octanol–water partition coefficient (Wildman–Crippen LogP) is 2.47. The lowest BCUT2D eigenvalue weighted by Gasteiger charge is -2.06. The summed E-state index contributed by atoms with van der Waals surface area (Å²) < 4.78 is 0. The van der Waals surface area contributed by atoms with Crippen LogP contribution in [-0.4, -0.2) is 15.2 Å². The lowest BCUT2D eigenvalue weighted by atomic mass is 10.1. The van der Waals surface area contributed by atoms with E-state index in [1.807, 2.05) is 26.2 Å². The van der Waals surface area contributed by atoms with E-state index in [0.29, 0.717) is 11.4 Å². The quantitative estimate of drug-likeness (QED) is 0.879. The minimum absolute atomic E-state index is 0.463. The minimum Gasteiger partial charge on any atom is -0.314 e. The van der Waals surface area contributed by atoms with E-state index in [1.54, 1.807) is 0 Å². The van der Waals surface area contributed by atoms with Crippen molar-refractivity contribution in [1.29, 1.82) is 5.26 Å². The molecule has 0 atom stereocenters. The summed E-state index contributed by atoms with van der Waals surface area (Å²) >= 11 is 1.47. The maximum Gasteiger partial charge on any atom is 0.188 e. The Bertz CT molecular complexity index is 596. The molecule has 0 fully saturated rings. The third kappa shape index (κ3) is 2.24. The van der Waals surface area contributed by atoms with Gasteiger partial charge in [0, 0.05) is 5.38 Å². The molecule has 0 saturated carbocycles. The molecule has 0 aromatic carbocycles. The molecule has 17 heavy (non-hydrogen) atoms. The molecule has 0 spiro atoms. The lowest BCUT2D eigenvalue weighted by Crippen LogP contribution is -2.03. The van der Waals surface area contributed by atoms with Crippen LogP contribution in [0.5, 0.6) is 0 Å². The van der Waals surface area contributed by atoms with E-state index < -0.39 is 0 Å². The van der Waals surface area contributed by atoms with Gasteiger partial charge in [0.25, 0.3) is 0 Å². The van der Waals surface area contributed by atoms with E-state index in [2.05, 4.69) is 26.6 Å². The van der Waals surface area contributed by atoms with Gasteiger partial charge in [0.05, 0.1) is 11.4 Å². The van der Waals surface area contributed by atoms with Gasteiger partial charge in [0.1, 0.15) is 11.6 Å². The van der Waals surface area contributed by atoms with Crippen LogP contribution in [0.15, 0.2) is 5.38 Å². The molecule has 0 amide bonds. The molecule has 0 unspecified atom stereocenters. The Kier molecular flexibility index (Phi) is 3.02. The van der Waals surface area contributed by atoms with Crippen LogP contribution in [0.2, 0.25) is 0 Å². The van der Waals surface area contributed by atoms with Crippen molar-refractivity contribution in [2.24, 2.45) is 0 Å². The molecule has 0 aliphatic carbocycles. The van der Waals surface area contributed by atoms with Gasteiger partial charge in [-0.15, -0.1) is 16.4 Å². The number of thiazole rings is 1. The SMILES string of the molecule is Cc1csc(Nc2nnc(C)c(C)c2C#N)n1. The minimum atomic E-state index is 0.463. The van der Waals surface area contributed by atoms with E-state index in [-0.39, 0.29) is 0 Å². The van der Waals surface area contributed by atoms with Crippen LogP contribution in [-0.2, 0) is 0 Å². The second kappa shape index (κ2) is 4.47. The highest BCUT2D eigenvalue weighted by Crippen LogP contribution is 2.23. The first-order valence-electron chi connectivity index (χ1n) is 5.05. The second-order valence-electron chi connectivity index (χ2n) is 3.66. The maximum atomic E-state index is 9.13. The zero-order valence-corrected chi connectivity index (χ0v) is 10.6. The van der Waals surface area contributed by atoms with Crippen molar-refractivity contribution in [2.75, 3.05) is 5.32 Å². The number of aromatic nitrogens is 3. The van der Waals surface area contributed by atoms with Crippen molar-refractivity contribution >= 4 is 22.3 Å². The Hall–Kier alpha value is -2.00. The topological polar surface area (TPSA) is 74.5 Å². The molecule has 0 saturated heterocycles. The molecule has 0 aliphatic heterocycles. The largest absolute Gasteiger partial charge is 0.314 e. The third-order valence-electron chi connectivity index (χ3n) is 2.41. The zero-order valence-electron chi connectivity index (χ0n) is 9.77. The van der Waals surface area contributed by atoms with E-state index >= 15 is 0 Å². The van der Waals surface area contributed by atoms with E-state index in [4.69, 9.17) is 5.26 Å². The number of anilines is 2. The average molecular weight is 245 g/mol. The molecule has 86 valence electrons. The summed E-state index contributed by atoms with van der Waals surface area (Å²) in [4.78, 5) is 4.26. The van der Waals surface area contributed by atoms with E-state index in [9.17, 15) is 0 Å². The summed E-state index contributed by atoms with van der Waals surface area (Å²) in [5.41, 5.74) is 3.07. The summed E-state index contributed by atoms with van der Waals surface area (Å²) in [6.07, 6.45) is 0. The maximum absolute atomic E-state index is 9.13. The number of hydrogen-bond donors (Lipinski definition) is 1. The average Bonchev–Trinajstić information content (AvgIpc) is 2.70. The third-order valence-corrected chi connectivity index (χ3v) is 3.29. The van der Waals surface area contributed by atoms with Gasteiger partial charge in [-0.05, 0) is 26.3 Å². The standard InChI is InChI=1S/C11H11N5S/c1-6-5-17-11(13-6)14-10-9(4-12)7(2)8(3)15-16-10/h5H,1-3H3,(H,13,14,16). The summed E-state index contributed by atoms with van der Waals surface area (Å²) in [5, 5.41) is 22.8. The summed E-state index contributed by atoms with van der Waals surface area (Å²) in [6.45, 7) is 5.61. The van der Waals surface area contributed by atoms with Gasteiger partial charge in [-0.25, -0.2) is 4.98 Å². The monoisotopic (exact) mass is 245 g/mol. The fraction of sp³-hybridized carbons (Fsp3) is 0.273. The molecular weight excluding hydrogens is 234 g/mol. The first kappa shape index (κ1) is 11.5. The highest BCUT2D eigenvalue weighted by Gasteiger charge is 2.11. The number of rotatable bonds is 2. The Morgan fingerprint density at radius 2 is 2.06 bits per heavy atom. The normalized spacial score (nSPS) is 10.0. The Balaban J connectivity index is 2.40. The number of nitrogens with zero attached hydrogens (tertiary/aromatic N) is 4. The van der Waals surface area contributed by atoms with Gasteiger partial charge < -0.3 is 5.32 Å². The molecule has 2 heterocycles. The predicted molar refractivity (Wildman–Crippen MR) is 66.4 cm³/mol. The van der Waals surface area contributed by atoms with Gasteiger partial charge in [0.15, 0.2) is 10.9 Å². The Morgan fingerprint density at radius 1 is 1.29 bits per heavy atom. The molecule has 2 aromatic rings. The summed E-state index contributed by atoms with van der Waals surface area (Å²) in [5.74, 6) is 0.463. The van der Waals surface area contributed by atoms with Gasteiger partial charge in [-0.1, -0.05) is 0 Å². The van der Waals surface area contributed by atoms with Crippen molar-refractivity contribution in [2.45, 2.75) is 20.8 Å². The van der Waals surface area contributed by atoms with Crippen LogP contribution in [0.4, 0.5) is 10.9 Å². The van der Waals surface area contributed by atoms with Gasteiger partial charge >= 0.3 is 0 Å². The second-order valence-corrected chi connectivity index (χ2v) is 4.52. The Labute approximate surface area is 103 Å². The highest BCUT2D eigenvalue weighted by molar-refractivity contribution is 7.13. The van der Waals surface area contributed by atoms with Crippen LogP contribution >= 0.6 is 11.3 Å².